The summed E-state index contributed by atoms with van der Waals surface area (Å²) in [5, 5.41) is 2.68. The first-order valence-corrected chi connectivity index (χ1v) is 9.82. The summed E-state index contributed by atoms with van der Waals surface area (Å²) in [4.78, 5) is 26.6. The van der Waals surface area contributed by atoms with Gasteiger partial charge in [-0.25, -0.2) is 4.39 Å². The number of halogens is 1. The van der Waals surface area contributed by atoms with Gasteiger partial charge in [0.1, 0.15) is 11.2 Å². The van der Waals surface area contributed by atoms with Gasteiger partial charge >= 0.3 is 0 Å². The Morgan fingerprint density at radius 3 is 2.50 bits per heavy atom. The van der Waals surface area contributed by atoms with Crippen LogP contribution in [0.25, 0.3) is 0 Å². The van der Waals surface area contributed by atoms with Crippen molar-refractivity contribution in [3.05, 3.63) is 95.8 Å². The van der Waals surface area contributed by atoms with E-state index in [1.807, 2.05) is 48.5 Å². The molecule has 2 amide bonds. The Morgan fingerprint density at radius 2 is 1.75 bits per heavy atom. The van der Waals surface area contributed by atoms with Crippen LogP contribution in [-0.4, -0.2) is 17.6 Å². The zero-order valence-corrected chi connectivity index (χ0v) is 15.7. The van der Waals surface area contributed by atoms with Gasteiger partial charge in [0, 0.05) is 16.9 Å². The average Bonchev–Trinajstić information content (AvgIpc) is 3.11. The lowest BCUT2D eigenvalue weighted by atomic mass is 10.1. The van der Waals surface area contributed by atoms with Crippen LogP contribution < -0.4 is 10.2 Å². The van der Waals surface area contributed by atoms with E-state index < -0.39 is 0 Å². The second kappa shape index (κ2) is 7.86. The molecule has 1 saturated heterocycles. The van der Waals surface area contributed by atoms with Gasteiger partial charge in [0.2, 0.25) is 5.91 Å². The van der Waals surface area contributed by atoms with Gasteiger partial charge < -0.3 is 5.32 Å². The van der Waals surface area contributed by atoms with E-state index in [1.165, 1.54) is 24.3 Å². The molecule has 1 atom stereocenters. The molecule has 3 aromatic carbocycles. The highest BCUT2D eigenvalue weighted by molar-refractivity contribution is 8.00. The molecule has 140 valence electrons. The van der Waals surface area contributed by atoms with Crippen LogP contribution in [0.2, 0.25) is 0 Å². The van der Waals surface area contributed by atoms with Crippen molar-refractivity contribution in [2.45, 2.75) is 5.37 Å². The third-order valence-corrected chi connectivity index (χ3v) is 5.65. The van der Waals surface area contributed by atoms with E-state index in [-0.39, 0.29) is 23.0 Å². The molecular weight excluding hydrogens is 375 g/mol. The summed E-state index contributed by atoms with van der Waals surface area (Å²) in [5.74, 6) is -0.234. The Balaban J connectivity index is 1.57. The lowest BCUT2D eigenvalue weighted by Crippen LogP contribution is -2.27. The van der Waals surface area contributed by atoms with Crippen molar-refractivity contribution in [2.24, 2.45) is 0 Å². The summed E-state index contributed by atoms with van der Waals surface area (Å²) in [6, 6.07) is 22.4. The molecule has 6 heteroatoms. The molecule has 1 fully saturated rings. The number of carbonyl (C=O) groups is 2. The molecule has 4 nitrogen and oxygen atoms in total. The number of benzene rings is 3. The van der Waals surface area contributed by atoms with E-state index in [2.05, 4.69) is 5.32 Å². The lowest BCUT2D eigenvalue weighted by Gasteiger charge is -2.24. The van der Waals surface area contributed by atoms with Crippen molar-refractivity contribution >= 4 is 35.0 Å². The number of rotatable bonds is 4. The van der Waals surface area contributed by atoms with Crippen molar-refractivity contribution in [1.82, 2.24) is 0 Å². The van der Waals surface area contributed by atoms with Gasteiger partial charge in [-0.2, -0.15) is 0 Å². The van der Waals surface area contributed by atoms with Crippen LogP contribution in [0.3, 0.4) is 0 Å². The van der Waals surface area contributed by atoms with Gasteiger partial charge in [0.15, 0.2) is 0 Å². The minimum atomic E-state index is -0.387. The summed E-state index contributed by atoms with van der Waals surface area (Å²) < 4.78 is 13.0. The van der Waals surface area contributed by atoms with Crippen LogP contribution in [0, 0.1) is 5.82 Å². The van der Waals surface area contributed by atoms with E-state index in [1.54, 1.807) is 22.7 Å². The van der Waals surface area contributed by atoms with Crippen molar-refractivity contribution in [2.75, 3.05) is 16.0 Å². The topological polar surface area (TPSA) is 49.4 Å². The number of thioether (sulfide) groups is 1. The maximum atomic E-state index is 13.0. The van der Waals surface area contributed by atoms with Gasteiger partial charge in [0.25, 0.3) is 5.91 Å². The summed E-state index contributed by atoms with van der Waals surface area (Å²) in [6.45, 7) is 0. The van der Waals surface area contributed by atoms with Crippen LogP contribution in [0.15, 0.2) is 78.9 Å². The first-order chi connectivity index (χ1) is 13.6. The molecule has 4 rings (SSSR count). The maximum Gasteiger partial charge on any atom is 0.255 e. The van der Waals surface area contributed by atoms with Crippen LogP contribution in [0.5, 0.6) is 0 Å². The second-order valence-electron chi connectivity index (χ2n) is 6.35. The molecule has 0 aliphatic carbocycles. The van der Waals surface area contributed by atoms with E-state index >= 15 is 0 Å². The molecule has 1 heterocycles. The highest BCUT2D eigenvalue weighted by Crippen LogP contribution is 2.42. The predicted octanol–water partition coefficient (Wildman–Crippen LogP) is 4.86. The van der Waals surface area contributed by atoms with E-state index in [4.69, 9.17) is 0 Å². The van der Waals surface area contributed by atoms with Crippen molar-refractivity contribution in [3.8, 4) is 0 Å². The van der Waals surface area contributed by atoms with E-state index in [0.717, 1.165) is 11.3 Å². The normalized spacial score (nSPS) is 16.2. The van der Waals surface area contributed by atoms with Gasteiger partial charge in [-0.1, -0.05) is 30.3 Å². The van der Waals surface area contributed by atoms with Gasteiger partial charge in [-0.3, -0.25) is 14.5 Å². The quantitative estimate of drug-likeness (QED) is 0.690. The number of para-hydroxylation sites is 1. The number of amides is 2. The first-order valence-electron chi connectivity index (χ1n) is 8.77. The zero-order valence-electron chi connectivity index (χ0n) is 14.8. The predicted molar refractivity (Wildman–Crippen MR) is 110 cm³/mol. The summed E-state index contributed by atoms with van der Waals surface area (Å²) in [7, 11) is 0. The van der Waals surface area contributed by atoms with Crippen LogP contribution in [0.4, 0.5) is 15.8 Å². The molecule has 1 aliphatic rings. The number of hydrogen-bond donors (Lipinski definition) is 1. The summed E-state index contributed by atoms with van der Waals surface area (Å²) in [5.41, 5.74) is 2.78. The lowest BCUT2D eigenvalue weighted by molar-refractivity contribution is -0.115. The van der Waals surface area contributed by atoms with Crippen LogP contribution in [0.1, 0.15) is 21.3 Å². The largest absolute Gasteiger partial charge is 0.322 e. The number of nitrogens with one attached hydrogen (secondary N) is 1. The fourth-order valence-corrected chi connectivity index (χ4v) is 4.28. The molecule has 1 N–H and O–H groups in total. The molecule has 0 bridgehead atoms. The molecule has 0 radical (unpaired) electrons. The maximum absolute atomic E-state index is 13.0. The molecule has 0 saturated carbocycles. The first kappa shape index (κ1) is 18.3. The number of anilines is 2. The van der Waals surface area contributed by atoms with Gasteiger partial charge in [0.05, 0.1) is 5.75 Å². The highest BCUT2D eigenvalue weighted by atomic mass is 32.2. The van der Waals surface area contributed by atoms with Crippen molar-refractivity contribution in [1.29, 1.82) is 0 Å². The fraction of sp³-hybridized carbons (Fsp3) is 0.0909. The van der Waals surface area contributed by atoms with Gasteiger partial charge in [-0.05, 0) is 54.1 Å². The molecule has 0 spiro atoms. The minimum Gasteiger partial charge on any atom is -0.322 e. The Morgan fingerprint density at radius 1 is 1.00 bits per heavy atom. The number of carbonyl (C=O) groups excluding carboxylic acids is 2. The highest BCUT2D eigenvalue weighted by Gasteiger charge is 2.34. The Kier molecular flexibility index (Phi) is 5.12. The van der Waals surface area contributed by atoms with Crippen LogP contribution in [-0.2, 0) is 4.79 Å². The zero-order chi connectivity index (χ0) is 19.5. The van der Waals surface area contributed by atoms with E-state index in [9.17, 15) is 14.0 Å². The van der Waals surface area contributed by atoms with E-state index in [0.29, 0.717) is 17.0 Å². The fourth-order valence-electron chi connectivity index (χ4n) is 3.11. The van der Waals surface area contributed by atoms with Crippen molar-refractivity contribution in [3.63, 3.8) is 0 Å². The molecule has 1 aliphatic heterocycles. The average molecular weight is 392 g/mol. The molecule has 0 aromatic heterocycles. The molecule has 28 heavy (non-hydrogen) atoms. The SMILES string of the molecule is O=C(Nc1cccc(C2SCC(=O)N2c2ccccc2)c1)c1ccc(F)cc1. The third-order valence-electron chi connectivity index (χ3n) is 4.44. The second-order valence-corrected chi connectivity index (χ2v) is 7.42. The Bertz CT molecular complexity index is 1010. The van der Waals surface area contributed by atoms with Gasteiger partial charge in [-0.15, -0.1) is 11.8 Å². The Labute approximate surface area is 166 Å². The molecular formula is C22H17FN2O2S. The minimum absolute atomic E-state index is 0.0574. The standard InChI is InChI=1S/C22H17FN2O2S/c23-17-11-9-15(10-12-17)21(27)24-18-6-4-5-16(13-18)22-25(20(26)14-28-22)19-7-2-1-3-8-19/h1-13,22H,14H2,(H,24,27). The number of hydrogen-bond acceptors (Lipinski definition) is 3. The summed E-state index contributed by atoms with van der Waals surface area (Å²) >= 11 is 1.55. The number of nitrogens with zero attached hydrogens (tertiary/aromatic N) is 1. The third kappa shape index (κ3) is 3.77. The van der Waals surface area contributed by atoms with Crippen molar-refractivity contribution < 1.29 is 14.0 Å². The van der Waals surface area contributed by atoms with Crippen LogP contribution >= 0.6 is 11.8 Å². The summed E-state index contributed by atoms with van der Waals surface area (Å²) in [6.07, 6.45) is 0. The molecule has 3 aromatic rings. The Hall–Kier alpha value is -3.12. The molecule has 1 unspecified atom stereocenters. The monoisotopic (exact) mass is 392 g/mol. The smallest absolute Gasteiger partial charge is 0.255 e.